The number of ketones is 2. The number of hydrogen-bond donors (Lipinski definition) is 1. The normalized spacial score (nSPS) is 13.3. The third-order valence-corrected chi connectivity index (χ3v) is 6.48. The Balaban J connectivity index is 1.42. The van der Waals surface area contributed by atoms with Gasteiger partial charge in [0.25, 0.3) is 11.7 Å². The van der Waals surface area contributed by atoms with Gasteiger partial charge in [-0.2, -0.15) is 4.68 Å². The second-order valence-corrected chi connectivity index (χ2v) is 8.72. The van der Waals surface area contributed by atoms with Crippen molar-refractivity contribution >= 4 is 34.1 Å². The molecule has 1 amide bonds. The number of methoxy groups -OCH3 is 1. The molecule has 0 bridgehead atoms. The van der Waals surface area contributed by atoms with E-state index in [1.165, 1.54) is 42.3 Å². The Morgan fingerprint density at radius 1 is 1.11 bits per heavy atom. The van der Waals surface area contributed by atoms with E-state index in [0.29, 0.717) is 54.1 Å². The van der Waals surface area contributed by atoms with Gasteiger partial charge in [0.1, 0.15) is 12.1 Å². The molecule has 0 unspecified atom stereocenters. The second-order valence-electron chi connectivity index (χ2n) is 8.72. The van der Waals surface area contributed by atoms with Gasteiger partial charge in [0.2, 0.25) is 5.82 Å². The first-order valence-corrected chi connectivity index (χ1v) is 11.9. The number of amides is 1. The van der Waals surface area contributed by atoms with E-state index < -0.39 is 11.7 Å². The summed E-state index contributed by atoms with van der Waals surface area (Å²) < 4.78 is 6.76. The Labute approximate surface area is 217 Å². The van der Waals surface area contributed by atoms with E-state index >= 15 is 0 Å². The van der Waals surface area contributed by atoms with Crippen molar-refractivity contribution in [2.45, 2.75) is 19.8 Å². The number of hydrogen-bond acceptors (Lipinski definition) is 7. The Bertz CT molecular complexity index is 1630. The van der Waals surface area contributed by atoms with Gasteiger partial charge in [-0.05, 0) is 18.4 Å². The zero-order valence-electron chi connectivity index (χ0n) is 20.8. The van der Waals surface area contributed by atoms with E-state index in [0.717, 1.165) is 11.1 Å². The van der Waals surface area contributed by atoms with Crippen LogP contribution >= 0.6 is 0 Å². The third-order valence-electron chi connectivity index (χ3n) is 6.48. The molecule has 1 saturated heterocycles. The van der Waals surface area contributed by atoms with Gasteiger partial charge >= 0.3 is 0 Å². The first-order chi connectivity index (χ1) is 18.4. The average molecular weight is 510 g/mol. The van der Waals surface area contributed by atoms with Crippen molar-refractivity contribution in [3.8, 4) is 11.6 Å². The zero-order valence-corrected chi connectivity index (χ0v) is 20.8. The smallest absolute Gasteiger partial charge is 0.295 e. The highest BCUT2D eigenvalue weighted by Crippen LogP contribution is 2.33. The summed E-state index contributed by atoms with van der Waals surface area (Å²) in [6.45, 7) is 9.67. The molecule has 1 aliphatic rings. The van der Waals surface area contributed by atoms with Crippen LogP contribution in [0.4, 0.5) is 0 Å². The molecule has 1 aliphatic heterocycles. The molecule has 0 spiro atoms. The largest absolute Gasteiger partial charge is 0.494 e. The van der Waals surface area contributed by atoms with Crippen molar-refractivity contribution in [2.24, 2.45) is 0 Å². The number of piperidine rings is 1. The molecule has 1 fully saturated rings. The van der Waals surface area contributed by atoms with Gasteiger partial charge in [-0.3, -0.25) is 14.4 Å². The number of H-pyrrole nitrogens is 1. The number of nitrogens with zero attached hydrogens (tertiary/aromatic N) is 6. The van der Waals surface area contributed by atoms with Crippen LogP contribution in [0, 0.1) is 6.57 Å². The zero-order chi connectivity index (χ0) is 26.8. The summed E-state index contributed by atoms with van der Waals surface area (Å²) in [7, 11) is 1.45. The fourth-order valence-corrected chi connectivity index (χ4v) is 4.56. The standard InChI is InChI=1S/C27H23N7O4/c1-16(35)25-31-15-34(32-25)26-23-21(20(38-3)14-30-26)19(13-29-23)24(36)27(37)33-11-9-18(10-12-33)22(28-2)17-7-5-4-6-8-17/h4-8,13-15,29H,9-12H2,1,3H3. The fraction of sp³-hybridized carbons (Fsp3) is 0.222. The molecule has 5 rings (SSSR count). The molecule has 0 saturated carbocycles. The SMILES string of the molecule is [C-]#[N+]C(=C1CCN(C(=O)C(=O)c2c[nH]c3c(-n4cnc(C(C)=O)n4)ncc(OC)c23)CC1)c1ccccc1. The van der Waals surface area contributed by atoms with Crippen molar-refractivity contribution in [3.63, 3.8) is 0 Å². The Morgan fingerprint density at radius 2 is 1.84 bits per heavy atom. The van der Waals surface area contributed by atoms with Gasteiger partial charge in [-0.15, -0.1) is 5.10 Å². The lowest BCUT2D eigenvalue weighted by molar-refractivity contribution is -0.126. The maximum absolute atomic E-state index is 13.4. The molecule has 11 nitrogen and oxygen atoms in total. The minimum Gasteiger partial charge on any atom is -0.494 e. The summed E-state index contributed by atoms with van der Waals surface area (Å²) in [4.78, 5) is 54.9. The van der Waals surface area contributed by atoms with Crippen LogP contribution < -0.4 is 4.74 Å². The summed E-state index contributed by atoms with van der Waals surface area (Å²) in [6.07, 6.45) is 5.26. The van der Waals surface area contributed by atoms with Crippen LogP contribution in [0.5, 0.6) is 5.75 Å². The molecule has 1 aromatic carbocycles. The van der Waals surface area contributed by atoms with Gasteiger partial charge in [-0.1, -0.05) is 35.9 Å². The Kier molecular flexibility index (Phi) is 6.53. The van der Waals surface area contributed by atoms with E-state index in [4.69, 9.17) is 11.3 Å². The number of Topliss-reactive ketones (excluding diaryl/α,β-unsaturated/α-hetero) is 2. The number of rotatable bonds is 6. The van der Waals surface area contributed by atoms with E-state index in [1.54, 1.807) is 0 Å². The van der Waals surface area contributed by atoms with Crippen LogP contribution in [0.3, 0.4) is 0 Å². The Morgan fingerprint density at radius 3 is 2.47 bits per heavy atom. The van der Waals surface area contributed by atoms with Crippen molar-refractivity contribution < 1.29 is 19.1 Å². The van der Waals surface area contributed by atoms with Gasteiger partial charge in [-0.25, -0.2) is 14.8 Å². The molecule has 0 atom stereocenters. The number of aromatic amines is 1. The number of likely N-dealkylation sites (tertiary alicyclic amines) is 1. The highest BCUT2D eigenvalue weighted by molar-refractivity contribution is 6.45. The van der Waals surface area contributed by atoms with Crippen LogP contribution in [0.15, 0.2) is 54.6 Å². The molecule has 190 valence electrons. The van der Waals surface area contributed by atoms with E-state index in [9.17, 15) is 14.4 Å². The lowest BCUT2D eigenvalue weighted by Gasteiger charge is -2.28. The highest BCUT2D eigenvalue weighted by Gasteiger charge is 2.30. The minimum absolute atomic E-state index is 0.0287. The summed E-state index contributed by atoms with van der Waals surface area (Å²) in [5.74, 6) is -0.979. The number of carbonyl (C=O) groups is 3. The van der Waals surface area contributed by atoms with Crippen LogP contribution in [0.2, 0.25) is 0 Å². The second kappa shape index (κ2) is 10.1. The molecule has 4 heterocycles. The van der Waals surface area contributed by atoms with Crippen molar-refractivity contribution in [1.29, 1.82) is 0 Å². The lowest BCUT2D eigenvalue weighted by Crippen LogP contribution is -2.40. The number of ether oxygens (including phenoxy) is 1. The van der Waals surface area contributed by atoms with Gasteiger partial charge < -0.3 is 14.6 Å². The summed E-state index contributed by atoms with van der Waals surface area (Å²) in [6, 6.07) is 9.47. The molecule has 11 heteroatoms. The topological polar surface area (TPSA) is 127 Å². The number of benzene rings is 1. The molecule has 4 aromatic rings. The number of fused-ring (bicyclic) bond motifs is 1. The number of aromatic nitrogens is 5. The summed E-state index contributed by atoms with van der Waals surface area (Å²) in [5, 5.41) is 4.53. The molecule has 0 aliphatic carbocycles. The van der Waals surface area contributed by atoms with Crippen LogP contribution in [0.25, 0.3) is 27.3 Å². The molecule has 0 radical (unpaired) electrons. The van der Waals surface area contributed by atoms with Crippen molar-refractivity contribution in [1.82, 2.24) is 29.6 Å². The van der Waals surface area contributed by atoms with Crippen LogP contribution in [-0.2, 0) is 4.79 Å². The molecular weight excluding hydrogens is 486 g/mol. The summed E-state index contributed by atoms with van der Waals surface area (Å²) in [5.41, 5.74) is 2.99. The van der Waals surface area contributed by atoms with Gasteiger partial charge in [0.15, 0.2) is 17.3 Å². The number of carbonyl (C=O) groups excluding carboxylic acids is 3. The number of nitrogens with one attached hydrogen (secondary N) is 1. The monoisotopic (exact) mass is 509 g/mol. The van der Waals surface area contributed by atoms with Crippen molar-refractivity contribution in [3.05, 3.63) is 83.0 Å². The Hall–Kier alpha value is -5.11. The minimum atomic E-state index is -0.685. The predicted molar refractivity (Wildman–Crippen MR) is 138 cm³/mol. The highest BCUT2D eigenvalue weighted by atomic mass is 16.5. The van der Waals surface area contributed by atoms with Crippen LogP contribution in [0.1, 0.15) is 46.3 Å². The average Bonchev–Trinajstić information content (AvgIpc) is 3.62. The molecule has 1 N–H and O–H groups in total. The first-order valence-electron chi connectivity index (χ1n) is 11.9. The van der Waals surface area contributed by atoms with Gasteiger partial charge in [0.05, 0.1) is 36.3 Å². The molecule has 38 heavy (non-hydrogen) atoms. The maximum atomic E-state index is 13.4. The van der Waals surface area contributed by atoms with E-state index in [-0.39, 0.29) is 17.2 Å². The van der Waals surface area contributed by atoms with Crippen molar-refractivity contribution in [2.75, 3.05) is 20.2 Å². The summed E-state index contributed by atoms with van der Waals surface area (Å²) >= 11 is 0. The molecule has 3 aromatic heterocycles. The quantitative estimate of drug-likeness (QED) is 0.239. The number of pyridine rings is 1. The van der Waals surface area contributed by atoms with E-state index in [1.807, 2.05) is 30.3 Å². The maximum Gasteiger partial charge on any atom is 0.295 e. The first kappa shape index (κ1) is 24.6. The third kappa shape index (κ3) is 4.32. The van der Waals surface area contributed by atoms with E-state index in [2.05, 4.69) is 24.9 Å². The van der Waals surface area contributed by atoms with Gasteiger partial charge in [0, 0.05) is 26.2 Å². The predicted octanol–water partition coefficient (Wildman–Crippen LogP) is 3.49. The lowest BCUT2D eigenvalue weighted by atomic mass is 9.97. The van der Waals surface area contributed by atoms with Crippen LogP contribution in [-0.4, -0.2) is 67.3 Å². The fourth-order valence-electron chi connectivity index (χ4n) is 4.56. The molecular formula is C27H23N7O4.